The number of anilines is 1. The van der Waals surface area contributed by atoms with Gasteiger partial charge in [0.25, 0.3) is 5.69 Å². The van der Waals surface area contributed by atoms with Gasteiger partial charge in [0.2, 0.25) is 0 Å². The standard InChI is InChI=1S/C17H24N6O2S/c1-3-18-17(20-9-8-16-22-12-13(2)26-16)21-11-10-19-14-4-6-15(7-5-14)23(24)25/h4-7,12,19H,3,8-11H2,1-2H3,(H2,18,20,21). The zero-order valence-electron chi connectivity index (χ0n) is 15.0. The van der Waals surface area contributed by atoms with E-state index >= 15 is 0 Å². The number of nitrogens with zero attached hydrogens (tertiary/aromatic N) is 3. The highest BCUT2D eigenvalue weighted by Gasteiger charge is 2.03. The first-order chi connectivity index (χ1) is 12.6. The number of hydrogen-bond acceptors (Lipinski definition) is 6. The van der Waals surface area contributed by atoms with Crippen molar-refractivity contribution in [2.75, 3.05) is 31.5 Å². The summed E-state index contributed by atoms with van der Waals surface area (Å²) in [7, 11) is 0. The molecule has 1 heterocycles. The Bertz CT molecular complexity index is 729. The molecule has 0 radical (unpaired) electrons. The Morgan fingerprint density at radius 2 is 2.04 bits per heavy atom. The molecular weight excluding hydrogens is 352 g/mol. The van der Waals surface area contributed by atoms with E-state index in [1.807, 2.05) is 20.0 Å². The van der Waals surface area contributed by atoms with Gasteiger partial charge in [-0.25, -0.2) is 4.98 Å². The van der Waals surface area contributed by atoms with Crippen LogP contribution in [0.25, 0.3) is 0 Å². The zero-order chi connectivity index (χ0) is 18.8. The highest BCUT2D eigenvalue weighted by Crippen LogP contribution is 2.14. The molecule has 0 aliphatic carbocycles. The lowest BCUT2D eigenvalue weighted by Gasteiger charge is -2.12. The first kappa shape index (κ1) is 19.6. The van der Waals surface area contributed by atoms with Crippen molar-refractivity contribution >= 4 is 28.7 Å². The molecule has 140 valence electrons. The number of benzene rings is 1. The Morgan fingerprint density at radius 3 is 2.65 bits per heavy atom. The van der Waals surface area contributed by atoms with Crippen molar-refractivity contribution in [2.24, 2.45) is 4.99 Å². The molecule has 1 aromatic carbocycles. The molecule has 8 nitrogen and oxygen atoms in total. The molecule has 0 aliphatic heterocycles. The van der Waals surface area contributed by atoms with E-state index in [0.717, 1.165) is 29.6 Å². The quantitative estimate of drug-likeness (QED) is 0.204. The van der Waals surface area contributed by atoms with Crippen LogP contribution in [0.1, 0.15) is 16.8 Å². The van der Waals surface area contributed by atoms with Gasteiger partial charge in [-0.15, -0.1) is 11.3 Å². The minimum Gasteiger partial charge on any atom is -0.383 e. The number of nitro groups is 1. The second kappa shape index (κ2) is 10.3. The molecule has 0 unspecified atom stereocenters. The third kappa shape index (κ3) is 6.67. The van der Waals surface area contributed by atoms with Crippen molar-refractivity contribution in [1.82, 2.24) is 15.6 Å². The molecule has 0 atom stereocenters. The number of non-ortho nitro benzene ring substituents is 1. The average molecular weight is 376 g/mol. The number of hydrogen-bond donors (Lipinski definition) is 3. The fraction of sp³-hybridized carbons (Fsp3) is 0.412. The maximum atomic E-state index is 10.6. The van der Waals surface area contributed by atoms with Crippen LogP contribution in [0.15, 0.2) is 35.5 Å². The SMILES string of the molecule is CCNC(=NCCc1ncc(C)s1)NCCNc1ccc([N+](=O)[O-])cc1. The van der Waals surface area contributed by atoms with Crippen LogP contribution in [0, 0.1) is 17.0 Å². The lowest BCUT2D eigenvalue weighted by Crippen LogP contribution is -2.39. The van der Waals surface area contributed by atoms with E-state index in [4.69, 9.17) is 0 Å². The van der Waals surface area contributed by atoms with Crippen LogP contribution in [0.3, 0.4) is 0 Å². The fourth-order valence-corrected chi connectivity index (χ4v) is 2.99. The number of nitro benzene ring substituents is 1. The molecule has 0 saturated carbocycles. The second-order valence-corrected chi connectivity index (χ2v) is 6.85. The minimum atomic E-state index is -0.405. The van der Waals surface area contributed by atoms with Crippen molar-refractivity contribution in [2.45, 2.75) is 20.3 Å². The second-order valence-electron chi connectivity index (χ2n) is 5.53. The topological polar surface area (TPSA) is 104 Å². The van der Waals surface area contributed by atoms with Gasteiger partial charge < -0.3 is 16.0 Å². The number of rotatable bonds is 9. The van der Waals surface area contributed by atoms with Crippen LogP contribution >= 0.6 is 11.3 Å². The summed E-state index contributed by atoms with van der Waals surface area (Å²) in [6, 6.07) is 6.38. The van der Waals surface area contributed by atoms with E-state index in [2.05, 4.69) is 25.9 Å². The van der Waals surface area contributed by atoms with Crippen molar-refractivity contribution in [3.05, 3.63) is 50.5 Å². The summed E-state index contributed by atoms with van der Waals surface area (Å²) in [5.41, 5.74) is 0.934. The smallest absolute Gasteiger partial charge is 0.269 e. The first-order valence-electron chi connectivity index (χ1n) is 8.50. The number of aromatic nitrogens is 1. The molecule has 0 spiro atoms. The monoisotopic (exact) mass is 376 g/mol. The molecular formula is C17H24N6O2S. The van der Waals surface area contributed by atoms with Crippen molar-refractivity contribution in [3.63, 3.8) is 0 Å². The third-order valence-corrected chi connectivity index (χ3v) is 4.41. The maximum Gasteiger partial charge on any atom is 0.269 e. The summed E-state index contributed by atoms with van der Waals surface area (Å²) >= 11 is 1.70. The predicted molar refractivity (Wildman–Crippen MR) is 106 cm³/mol. The Balaban J connectivity index is 1.73. The van der Waals surface area contributed by atoms with Gasteiger partial charge in [0.05, 0.1) is 9.93 Å². The van der Waals surface area contributed by atoms with Gasteiger partial charge in [0, 0.05) is 61.5 Å². The minimum absolute atomic E-state index is 0.0886. The van der Waals surface area contributed by atoms with Crippen LogP contribution in [-0.4, -0.2) is 42.0 Å². The molecule has 3 N–H and O–H groups in total. The highest BCUT2D eigenvalue weighted by molar-refractivity contribution is 7.11. The molecule has 0 fully saturated rings. The summed E-state index contributed by atoms with van der Waals surface area (Å²) in [4.78, 5) is 20.3. The first-order valence-corrected chi connectivity index (χ1v) is 9.32. The largest absolute Gasteiger partial charge is 0.383 e. The summed E-state index contributed by atoms with van der Waals surface area (Å²) in [5, 5.41) is 21.4. The van der Waals surface area contributed by atoms with Gasteiger partial charge in [0.1, 0.15) is 0 Å². The van der Waals surface area contributed by atoms with Gasteiger partial charge in [-0.1, -0.05) is 0 Å². The summed E-state index contributed by atoms with van der Waals surface area (Å²) < 4.78 is 0. The summed E-state index contributed by atoms with van der Waals surface area (Å²) in [6.45, 7) is 6.90. The lowest BCUT2D eigenvalue weighted by molar-refractivity contribution is -0.384. The summed E-state index contributed by atoms with van der Waals surface area (Å²) in [6.07, 6.45) is 2.72. The molecule has 0 saturated heterocycles. The molecule has 1 aromatic heterocycles. The average Bonchev–Trinajstić information content (AvgIpc) is 3.04. The zero-order valence-corrected chi connectivity index (χ0v) is 15.8. The van der Waals surface area contributed by atoms with Crippen LogP contribution in [0.4, 0.5) is 11.4 Å². The fourth-order valence-electron chi connectivity index (χ4n) is 2.21. The van der Waals surface area contributed by atoms with Gasteiger partial charge in [-0.2, -0.15) is 0 Å². The molecule has 0 aliphatic rings. The van der Waals surface area contributed by atoms with Crippen LogP contribution in [0.5, 0.6) is 0 Å². The third-order valence-electron chi connectivity index (χ3n) is 3.43. The lowest BCUT2D eigenvalue weighted by atomic mass is 10.3. The van der Waals surface area contributed by atoms with Gasteiger partial charge >= 0.3 is 0 Å². The van der Waals surface area contributed by atoms with Crippen molar-refractivity contribution < 1.29 is 4.92 Å². The van der Waals surface area contributed by atoms with Crippen LogP contribution in [0.2, 0.25) is 0 Å². The van der Waals surface area contributed by atoms with E-state index in [9.17, 15) is 10.1 Å². The van der Waals surface area contributed by atoms with E-state index < -0.39 is 4.92 Å². The van der Waals surface area contributed by atoms with E-state index in [1.165, 1.54) is 17.0 Å². The number of guanidine groups is 1. The summed E-state index contributed by atoms with van der Waals surface area (Å²) in [5.74, 6) is 0.770. The van der Waals surface area contributed by atoms with Gasteiger partial charge in [-0.3, -0.25) is 15.1 Å². The molecule has 9 heteroatoms. The van der Waals surface area contributed by atoms with Gasteiger partial charge in [-0.05, 0) is 26.0 Å². The Morgan fingerprint density at radius 1 is 1.27 bits per heavy atom. The maximum absolute atomic E-state index is 10.6. The predicted octanol–water partition coefficient (Wildman–Crippen LogP) is 2.57. The number of aliphatic imine (C=N–C) groups is 1. The van der Waals surface area contributed by atoms with E-state index in [-0.39, 0.29) is 5.69 Å². The van der Waals surface area contributed by atoms with Crippen LogP contribution in [-0.2, 0) is 6.42 Å². The van der Waals surface area contributed by atoms with Gasteiger partial charge in [0.15, 0.2) is 5.96 Å². The Labute approximate surface area is 156 Å². The molecule has 2 aromatic rings. The van der Waals surface area contributed by atoms with E-state index in [1.54, 1.807) is 23.5 Å². The van der Waals surface area contributed by atoms with Crippen LogP contribution < -0.4 is 16.0 Å². The Kier molecular flexibility index (Phi) is 7.81. The number of thiazole rings is 1. The molecule has 0 amide bonds. The number of aryl methyl sites for hydroxylation is 1. The Hall–Kier alpha value is -2.68. The number of nitrogens with one attached hydrogen (secondary N) is 3. The normalized spacial score (nSPS) is 11.2. The highest BCUT2D eigenvalue weighted by atomic mass is 32.1. The van der Waals surface area contributed by atoms with Crippen molar-refractivity contribution in [3.8, 4) is 0 Å². The van der Waals surface area contributed by atoms with Crippen molar-refractivity contribution in [1.29, 1.82) is 0 Å². The van der Waals surface area contributed by atoms with E-state index in [0.29, 0.717) is 19.6 Å². The molecule has 26 heavy (non-hydrogen) atoms. The molecule has 0 bridgehead atoms. The molecule has 2 rings (SSSR count).